The Morgan fingerprint density at radius 1 is 1.58 bits per heavy atom. The lowest BCUT2D eigenvalue weighted by atomic mass is 10.2. The van der Waals surface area contributed by atoms with Crippen molar-refractivity contribution in [2.24, 2.45) is 0 Å². The molecule has 0 aliphatic carbocycles. The topological polar surface area (TPSA) is 53.1 Å². The molecule has 0 saturated heterocycles. The number of nitrogens with one attached hydrogen (secondary N) is 1. The predicted octanol–water partition coefficient (Wildman–Crippen LogP) is 1.33. The van der Waals surface area contributed by atoms with Gasteiger partial charge in [0.2, 0.25) is 0 Å². The van der Waals surface area contributed by atoms with E-state index in [1.165, 1.54) is 6.92 Å². The van der Waals surface area contributed by atoms with Crippen molar-refractivity contribution in [2.75, 3.05) is 0 Å². The van der Waals surface area contributed by atoms with Crippen molar-refractivity contribution in [1.29, 1.82) is 0 Å². The summed E-state index contributed by atoms with van der Waals surface area (Å²) in [5.41, 5.74) is -1.21. The maximum atomic E-state index is 12.1. The van der Waals surface area contributed by atoms with Gasteiger partial charge in [-0.2, -0.15) is 0 Å². The van der Waals surface area contributed by atoms with Crippen LogP contribution in [0.1, 0.15) is 17.7 Å². The van der Waals surface area contributed by atoms with Gasteiger partial charge in [0.1, 0.15) is 0 Å². The van der Waals surface area contributed by atoms with E-state index in [0.29, 0.717) is 5.69 Å². The van der Waals surface area contributed by atoms with Crippen LogP contribution in [0.4, 0.5) is 8.78 Å². The molecule has 0 aromatic carbocycles. The zero-order chi connectivity index (χ0) is 9.30. The number of pyridine rings is 1. The SMILES string of the molecule is Cc1cc(C(F)F)c(O)c(=O)[nH]1. The molecule has 0 unspecified atom stereocenters. The van der Waals surface area contributed by atoms with Crippen molar-refractivity contribution in [2.45, 2.75) is 13.3 Å². The van der Waals surface area contributed by atoms with Crippen molar-refractivity contribution in [3.8, 4) is 5.75 Å². The minimum absolute atomic E-state index is 0.299. The van der Waals surface area contributed by atoms with Crippen molar-refractivity contribution in [1.82, 2.24) is 4.98 Å². The van der Waals surface area contributed by atoms with Crippen LogP contribution in [0.2, 0.25) is 0 Å². The summed E-state index contributed by atoms with van der Waals surface area (Å²) in [6.07, 6.45) is -2.83. The van der Waals surface area contributed by atoms with Gasteiger partial charge >= 0.3 is 0 Å². The van der Waals surface area contributed by atoms with Crippen LogP contribution in [0, 0.1) is 6.92 Å². The first-order valence-electron chi connectivity index (χ1n) is 3.23. The summed E-state index contributed by atoms with van der Waals surface area (Å²) in [7, 11) is 0. The molecule has 1 rings (SSSR count). The number of aromatic nitrogens is 1. The van der Waals surface area contributed by atoms with Crippen LogP contribution in [-0.2, 0) is 0 Å². The molecule has 1 heterocycles. The van der Waals surface area contributed by atoms with Crippen LogP contribution in [0.25, 0.3) is 0 Å². The fourth-order valence-electron chi connectivity index (χ4n) is 0.873. The van der Waals surface area contributed by atoms with Crippen molar-refractivity contribution < 1.29 is 13.9 Å². The molecule has 0 radical (unpaired) electrons. The summed E-state index contributed by atoms with van der Waals surface area (Å²) >= 11 is 0. The third kappa shape index (κ3) is 1.44. The Kier molecular flexibility index (Phi) is 2.12. The van der Waals surface area contributed by atoms with Gasteiger partial charge in [-0.05, 0) is 13.0 Å². The molecule has 5 heteroatoms. The van der Waals surface area contributed by atoms with E-state index >= 15 is 0 Å². The Hall–Kier alpha value is -1.39. The Morgan fingerprint density at radius 2 is 2.17 bits per heavy atom. The minimum atomic E-state index is -2.83. The van der Waals surface area contributed by atoms with E-state index in [1.54, 1.807) is 0 Å². The van der Waals surface area contributed by atoms with Crippen LogP contribution < -0.4 is 5.56 Å². The lowest BCUT2D eigenvalue weighted by Gasteiger charge is -2.02. The molecule has 0 fully saturated rings. The first-order valence-corrected chi connectivity index (χ1v) is 3.23. The lowest BCUT2D eigenvalue weighted by Crippen LogP contribution is -2.09. The molecule has 1 aromatic rings. The smallest absolute Gasteiger partial charge is 0.290 e. The first-order chi connectivity index (χ1) is 5.52. The van der Waals surface area contributed by atoms with Crippen LogP contribution >= 0.6 is 0 Å². The van der Waals surface area contributed by atoms with E-state index < -0.39 is 23.3 Å². The Balaban J connectivity index is 3.38. The molecular weight excluding hydrogens is 168 g/mol. The highest BCUT2D eigenvalue weighted by Crippen LogP contribution is 2.24. The van der Waals surface area contributed by atoms with Gasteiger partial charge in [-0.1, -0.05) is 0 Å². The Labute approximate surface area is 66.7 Å². The van der Waals surface area contributed by atoms with E-state index in [9.17, 15) is 13.6 Å². The van der Waals surface area contributed by atoms with Crippen molar-refractivity contribution >= 4 is 0 Å². The van der Waals surface area contributed by atoms with Gasteiger partial charge in [-0.25, -0.2) is 8.78 Å². The van der Waals surface area contributed by atoms with Crippen molar-refractivity contribution in [3.05, 3.63) is 27.7 Å². The molecule has 0 amide bonds. The fourth-order valence-corrected chi connectivity index (χ4v) is 0.873. The van der Waals surface area contributed by atoms with Crippen LogP contribution in [0.15, 0.2) is 10.9 Å². The van der Waals surface area contributed by atoms with E-state index in [0.717, 1.165) is 6.07 Å². The summed E-state index contributed by atoms with van der Waals surface area (Å²) in [6, 6.07) is 1.04. The summed E-state index contributed by atoms with van der Waals surface area (Å²) in [5.74, 6) is -0.907. The largest absolute Gasteiger partial charge is 0.503 e. The van der Waals surface area contributed by atoms with Gasteiger partial charge in [0.25, 0.3) is 12.0 Å². The van der Waals surface area contributed by atoms with Crippen LogP contribution in [0.3, 0.4) is 0 Å². The summed E-state index contributed by atoms with van der Waals surface area (Å²) in [5, 5.41) is 8.87. The third-order valence-electron chi connectivity index (χ3n) is 1.41. The molecule has 66 valence electrons. The van der Waals surface area contributed by atoms with Gasteiger partial charge in [0.15, 0.2) is 5.75 Å². The predicted molar refractivity (Wildman–Crippen MR) is 38.4 cm³/mol. The van der Waals surface area contributed by atoms with Gasteiger partial charge in [-0.3, -0.25) is 4.79 Å². The first kappa shape index (κ1) is 8.70. The summed E-state index contributed by atoms with van der Waals surface area (Å²) in [4.78, 5) is 12.9. The van der Waals surface area contributed by atoms with E-state index in [4.69, 9.17) is 5.11 Å². The second-order valence-electron chi connectivity index (χ2n) is 2.39. The van der Waals surface area contributed by atoms with Gasteiger partial charge in [0.05, 0.1) is 5.56 Å². The normalized spacial score (nSPS) is 10.7. The number of rotatable bonds is 1. The van der Waals surface area contributed by atoms with Gasteiger partial charge < -0.3 is 10.1 Å². The zero-order valence-electron chi connectivity index (χ0n) is 6.27. The number of hydrogen-bond donors (Lipinski definition) is 2. The zero-order valence-corrected chi connectivity index (χ0v) is 6.27. The molecular formula is C7H7F2NO2. The van der Waals surface area contributed by atoms with E-state index in [2.05, 4.69) is 4.98 Å². The number of aromatic hydroxyl groups is 1. The number of hydrogen-bond acceptors (Lipinski definition) is 2. The second kappa shape index (κ2) is 2.92. The average molecular weight is 175 g/mol. The average Bonchev–Trinajstić information content (AvgIpc) is 1.96. The standard InChI is InChI=1S/C7H7F2NO2/c1-3-2-4(6(8)9)5(11)7(12)10-3/h2,6,11H,1H3,(H,10,12). The molecule has 0 spiro atoms. The molecule has 12 heavy (non-hydrogen) atoms. The fraction of sp³-hybridized carbons (Fsp3) is 0.286. The molecule has 0 bridgehead atoms. The highest BCUT2D eigenvalue weighted by Gasteiger charge is 2.15. The molecule has 0 aliphatic heterocycles. The second-order valence-corrected chi connectivity index (χ2v) is 2.39. The van der Waals surface area contributed by atoms with Crippen molar-refractivity contribution in [3.63, 3.8) is 0 Å². The van der Waals surface area contributed by atoms with E-state index in [-0.39, 0.29) is 0 Å². The van der Waals surface area contributed by atoms with Crippen LogP contribution in [0.5, 0.6) is 5.75 Å². The number of alkyl halides is 2. The highest BCUT2D eigenvalue weighted by molar-refractivity contribution is 5.31. The number of H-pyrrole nitrogens is 1. The lowest BCUT2D eigenvalue weighted by molar-refractivity contribution is 0.147. The minimum Gasteiger partial charge on any atom is -0.503 e. The van der Waals surface area contributed by atoms with E-state index in [1.807, 2.05) is 0 Å². The van der Waals surface area contributed by atoms with Crippen LogP contribution in [-0.4, -0.2) is 10.1 Å². The monoisotopic (exact) mass is 175 g/mol. The maximum Gasteiger partial charge on any atom is 0.290 e. The molecule has 0 saturated carbocycles. The molecule has 0 atom stereocenters. The maximum absolute atomic E-state index is 12.1. The number of aryl methyl sites for hydroxylation is 1. The number of halogens is 2. The molecule has 1 aromatic heterocycles. The van der Waals surface area contributed by atoms with Gasteiger partial charge in [0, 0.05) is 5.69 Å². The highest BCUT2D eigenvalue weighted by atomic mass is 19.3. The summed E-state index contributed by atoms with van der Waals surface area (Å²) in [6.45, 7) is 1.46. The quantitative estimate of drug-likeness (QED) is 0.676. The molecule has 2 N–H and O–H groups in total. The number of aromatic amines is 1. The molecule has 0 aliphatic rings. The molecule has 3 nitrogen and oxygen atoms in total. The third-order valence-corrected chi connectivity index (χ3v) is 1.41. The Bertz CT molecular complexity index is 346. The van der Waals surface area contributed by atoms with Gasteiger partial charge in [-0.15, -0.1) is 0 Å². The Morgan fingerprint density at radius 3 is 2.67 bits per heavy atom. The summed E-state index contributed by atoms with van der Waals surface area (Å²) < 4.78 is 24.2.